The third kappa shape index (κ3) is 3.24. The molecule has 2 aromatic heterocycles. The number of pyridine rings is 1. The molecule has 9 heteroatoms. The van der Waals surface area contributed by atoms with E-state index in [4.69, 9.17) is 20.0 Å². The van der Waals surface area contributed by atoms with Crippen LogP contribution in [0.25, 0.3) is 11.1 Å². The summed E-state index contributed by atoms with van der Waals surface area (Å²) in [7, 11) is 1.58. The third-order valence-corrected chi connectivity index (χ3v) is 8.23. The Morgan fingerprint density at radius 3 is 2.79 bits per heavy atom. The molecule has 3 aromatic rings. The van der Waals surface area contributed by atoms with Crippen LogP contribution in [0.4, 0.5) is 8.78 Å². The molecule has 3 heterocycles. The first-order valence-corrected chi connectivity index (χ1v) is 12.3. The van der Waals surface area contributed by atoms with Crippen molar-refractivity contribution in [2.75, 3.05) is 12.9 Å². The van der Waals surface area contributed by atoms with Crippen LogP contribution in [0.5, 0.6) is 5.88 Å². The summed E-state index contributed by atoms with van der Waals surface area (Å²) in [6.07, 6.45) is 4.99. The molecule has 1 aliphatic heterocycles. The maximum atomic E-state index is 15.2. The first kappa shape index (κ1) is 21.6. The van der Waals surface area contributed by atoms with E-state index in [-0.39, 0.29) is 5.92 Å². The number of hydrogen-bond acceptors (Lipinski definition) is 7. The normalized spacial score (nSPS) is 23.8. The minimum absolute atomic E-state index is 0.0485. The van der Waals surface area contributed by atoms with Crippen LogP contribution in [0.2, 0.25) is 0 Å². The number of rotatable bonds is 4. The molecule has 2 aliphatic carbocycles. The summed E-state index contributed by atoms with van der Waals surface area (Å²) in [5, 5.41) is 4.66. The summed E-state index contributed by atoms with van der Waals surface area (Å²) in [5.74, 6) is 1.16. The fourth-order valence-electron chi connectivity index (χ4n) is 5.50. The van der Waals surface area contributed by atoms with Crippen LogP contribution in [0.3, 0.4) is 0 Å². The van der Waals surface area contributed by atoms with Crippen LogP contribution in [0.15, 0.2) is 33.9 Å². The molecule has 0 amide bonds. The van der Waals surface area contributed by atoms with Crippen LogP contribution in [-0.4, -0.2) is 28.2 Å². The van der Waals surface area contributed by atoms with Gasteiger partial charge in [0, 0.05) is 58.5 Å². The number of ether oxygens (including phenoxy) is 1. The Labute approximate surface area is 200 Å². The van der Waals surface area contributed by atoms with Crippen LogP contribution in [0.1, 0.15) is 46.9 Å². The minimum atomic E-state index is -0.962. The maximum absolute atomic E-state index is 15.2. The van der Waals surface area contributed by atoms with Gasteiger partial charge in [0.1, 0.15) is 17.4 Å². The lowest BCUT2D eigenvalue weighted by atomic mass is 9.66. The lowest BCUT2D eigenvalue weighted by Crippen LogP contribution is -2.46. The van der Waals surface area contributed by atoms with Crippen LogP contribution >= 0.6 is 11.8 Å². The number of thioether (sulfide) groups is 1. The van der Waals surface area contributed by atoms with Gasteiger partial charge < -0.3 is 15.0 Å². The van der Waals surface area contributed by atoms with Crippen molar-refractivity contribution in [3.8, 4) is 17.0 Å². The molecule has 6 nitrogen and oxygen atoms in total. The Hall–Kier alpha value is -2.94. The lowest BCUT2D eigenvalue weighted by molar-refractivity contribution is 0.262. The van der Waals surface area contributed by atoms with Gasteiger partial charge in [-0.05, 0) is 37.8 Å². The van der Waals surface area contributed by atoms with Gasteiger partial charge in [-0.2, -0.15) is 0 Å². The second-order valence-corrected chi connectivity index (χ2v) is 10.3. The number of benzene rings is 1. The molecule has 0 unspecified atom stereocenters. The van der Waals surface area contributed by atoms with Gasteiger partial charge in [-0.15, -0.1) is 0 Å². The molecule has 0 spiro atoms. The van der Waals surface area contributed by atoms with Crippen molar-refractivity contribution in [3.63, 3.8) is 0 Å². The maximum Gasteiger partial charge on any atom is 0.216 e. The quantitative estimate of drug-likeness (QED) is 0.570. The van der Waals surface area contributed by atoms with E-state index in [0.29, 0.717) is 41.1 Å². The number of methoxy groups -OCH3 is 1. The van der Waals surface area contributed by atoms with Crippen LogP contribution in [0, 0.1) is 24.5 Å². The summed E-state index contributed by atoms with van der Waals surface area (Å²) in [5.41, 5.74) is 10.3. The highest BCUT2D eigenvalue weighted by Crippen LogP contribution is 2.53. The number of nitrogens with zero attached hydrogens (tertiary/aromatic N) is 3. The zero-order valence-electron chi connectivity index (χ0n) is 18.9. The topological polar surface area (TPSA) is 86.5 Å². The molecule has 1 fully saturated rings. The highest BCUT2D eigenvalue weighted by atomic mass is 32.2. The molecule has 2 atom stereocenters. The second-order valence-electron chi connectivity index (χ2n) is 9.31. The van der Waals surface area contributed by atoms with E-state index in [1.54, 1.807) is 7.11 Å². The predicted molar refractivity (Wildman–Crippen MR) is 126 cm³/mol. The first-order chi connectivity index (χ1) is 16.4. The van der Waals surface area contributed by atoms with Gasteiger partial charge in [0.15, 0.2) is 5.17 Å². The molecule has 1 saturated carbocycles. The van der Waals surface area contributed by atoms with E-state index >= 15 is 4.39 Å². The van der Waals surface area contributed by atoms with Crippen molar-refractivity contribution in [2.45, 2.75) is 44.1 Å². The molecular formula is C25H24F2N4O2S. The molecule has 176 valence electrons. The fraction of sp³-hybridized carbons (Fsp3) is 0.400. The minimum Gasteiger partial charge on any atom is -0.481 e. The Balaban J connectivity index is 1.57. The number of halogens is 2. The number of aryl methyl sites for hydroxylation is 1. The summed E-state index contributed by atoms with van der Waals surface area (Å²) >= 11 is 1.47. The van der Waals surface area contributed by atoms with Gasteiger partial charge in [0.05, 0.1) is 18.3 Å². The summed E-state index contributed by atoms with van der Waals surface area (Å²) in [4.78, 5) is 9.43. The van der Waals surface area contributed by atoms with Crippen LogP contribution in [-0.2, 0) is 18.4 Å². The number of fused-ring (bicyclic) bond motifs is 2. The second kappa shape index (κ2) is 7.80. The first-order valence-electron chi connectivity index (χ1n) is 11.4. The molecule has 2 N–H and O–H groups in total. The Morgan fingerprint density at radius 1 is 1.24 bits per heavy atom. The molecule has 0 saturated heterocycles. The van der Waals surface area contributed by atoms with E-state index < -0.39 is 17.2 Å². The Kier molecular flexibility index (Phi) is 4.95. The van der Waals surface area contributed by atoms with E-state index in [0.717, 1.165) is 52.6 Å². The molecule has 1 aromatic carbocycles. The third-order valence-electron chi connectivity index (χ3n) is 7.27. The van der Waals surface area contributed by atoms with Gasteiger partial charge in [-0.3, -0.25) is 4.99 Å². The van der Waals surface area contributed by atoms with E-state index in [1.807, 2.05) is 13.1 Å². The summed E-state index contributed by atoms with van der Waals surface area (Å²) in [6.45, 7) is 1.95. The molecule has 0 radical (unpaired) electrons. The number of hydrogen-bond donors (Lipinski definition) is 1. The van der Waals surface area contributed by atoms with Gasteiger partial charge in [-0.25, -0.2) is 13.8 Å². The van der Waals surface area contributed by atoms with Crippen molar-refractivity contribution >= 4 is 16.9 Å². The van der Waals surface area contributed by atoms with Crippen molar-refractivity contribution in [1.29, 1.82) is 0 Å². The van der Waals surface area contributed by atoms with E-state index in [2.05, 4.69) is 10.1 Å². The lowest BCUT2D eigenvalue weighted by Gasteiger charge is -2.45. The average molecular weight is 483 g/mol. The molecular weight excluding hydrogens is 458 g/mol. The van der Waals surface area contributed by atoms with E-state index in [9.17, 15) is 4.39 Å². The molecule has 0 bridgehead atoms. The highest BCUT2D eigenvalue weighted by Gasteiger charge is 2.50. The highest BCUT2D eigenvalue weighted by molar-refractivity contribution is 8.13. The predicted octanol–water partition coefficient (Wildman–Crippen LogP) is 4.88. The van der Waals surface area contributed by atoms with Gasteiger partial charge in [0.25, 0.3) is 0 Å². The van der Waals surface area contributed by atoms with Gasteiger partial charge in [-0.1, -0.05) is 23.0 Å². The largest absolute Gasteiger partial charge is 0.481 e. The van der Waals surface area contributed by atoms with Gasteiger partial charge >= 0.3 is 0 Å². The smallest absolute Gasteiger partial charge is 0.216 e. The number of aromatic nitrogens is 2. The SMILES string of the molecule is COc1ncc(-c2c(C)noc2C2CC2)c2c1C[C@]1(c3ccc(F)cc3F)N=C(N)SC[C@@H]1C2. The molecule has 34 heavy (non-hydrogen) atoms. The average Bonchev–Trinajstić information content (AvgIpc) is 3.58. The van der Waals surface area contributed by atoms with Crippen LogP contribution < -0.4 is 10.5 Å². The zero-order chi connectivity index (χ0) is 23.6. The number of aliphatic imine (C=N–C) groups is 1. The van der Waals surface area contributed by atoms with Crippen molar-refractivity contribution in [3.05, 3.63) is 64.2 Å². The Morgan fingerprint density at radius 2 is 2.06 bits per heavy atom. The molecule has 3 aliphatic rings. The summed E-state index contributed by atoms with van der Waals surface area (Å²) < 4.78 is 40.3. The zero-order valence-corrected chi connectivity index (χ0v) is 19.7. The Bertz CT molecular complexity index is 1340. The van der Waals surface area contributed by atoms with E-state index in [1.165, 1.54) is 23.9 Å². The van der Waals surface area contributed by atoms with Crippen molar-refractivity contribution in [1.82, 2.24) is 10.1 Å². The van der Waals surface area contributed by atoms with Gasteiger partial charge in [0.2, 0.25) is 5.88 Å². The van der Waals surface area contributed by atoms with Crippen molar-refractivity contribution in [2.24, 2.45) is 16.6 Å². The summed E-state index contributed by atoms with van der Waals surface area (Å²) in [6, 6.07) is 3.69. The van der Waals surface area contributed by atoms with Crippen molar-refractivity contribution < 1.29 is 18.0 Å². The fourth-order valence-corrected chi connectivity index (χ4v) is 6.50. The monoisotopic (exact) mass is 482 g/mol. The number of nitrogens with two attached hydrogens (primary N) is 1. The number of amidine groups is 1. The standard InChI is InChI=1S/C25H24F2N4O2S/c1-12-21(22(33-31-12)13-3-4-13)18-10-29-23(32-2)17-9-25(19-6-5-15(26)8-20(19)27)14(7-16(17)18)11-34-24(28)30-25/h5-6,8,10,13-14H,3-4,7,9,11H2,1-2H3,(H2,28,30)/t14-,25-/m0/s1. The molecule has 6 rings (SSSR count).